The Hall–Kier alpha value is -5.24. The fraction of sp³-hybridized carbons (Fsp3) is 0.281. The summed E-state index contributed by atoms with van der Waals surface area (Å²) in [6.45, 7) is 3.29. The number of rotatable bonds is 9. The maximum atomic E-state index is 10.8. The van der Waals surface area contributed by atoms with Crippen molar-refractivity contribution >= 4 is 40.0 Å². The molecule has 240 valence electrons. The molecule has 0 unspecified atom stereocenters. The number of alkyl halides is 3. The lowest BCUT2D eigenvalue weighted by atomic mass is 10.1. The zero-order chi connectivity index (χ0) is 32.7. The molecule has 1 fully saturated rings. The van der Waals surface area contributed by atoms with Crippen molar-refractivity contribution in [3.05, 3.63) is 84.4 Å². The van der Waals surface area contributed by atoms with Crippen LogP contribution in [0.3, 0.4) is 0 Å². The first-order chi connectivity index (χ1) is 22.1. The van der Waals surface area contributed by atoms with Crippen molar-refractivity contribution in [1.29, 1.82) is 0 Å². The number of hydrogen-bond acceptors (Lipinski definition) is 8. The number of carboxylic acids is 2. The number of morpholine rings is 1. The van der Waals surface area contributed by atoms with Gasteiger partial charge in [0.25, 0.3) is 0 Å². The summed E-state index contributed by atoms with van der Waals surface area (Å²) in [6.07, 6.45) is 0.557. The molecule has 1 aliphatic heterocycles. The number of fused-ring (bicyclic) bond motifs is 2. The van der Waals surface area contributed by atoms with Crippen molar-refractivity contribution in [3.63, 3.8) is 0 Å². The molecule has 46 heavy (non-hydrogen) atoms. The zero-order valence-corrected chi connectivity index (χ0v) is 24.6. The Morgan fingerprint density at radius 2 is 1.61 bits per heavy atom. The van der Waals surface area contributed by atoms with Gasteiger partial charge in [-0.3, -0.25) is 14.2 Å². The van der Waals surface area contributed by atoms with E-state index in [0.29, 0.717) is 19.8 Å². The van der Waals surface area contributed by atoms with Crippen LogP contribution in [0.4, 0.5) is 24.7 Å². The number of aliphatic carboxylic acids is 2. The number of hydrogen-bond donors (Lipinski definition) is 3. The number of benzene rings is 2. The molecule has 1 saturated heterocycles. The molecule has 0 atom stereocenters. The molecule has 3 aromatic heterocycles. The van der Waals surface area contributed by atoms with Gasteiger partial charge in [-0.15, -0.1) is 0 Å². The molecular formula is C32H31F3N6O5. The van der Waals surface area contributed by atoms with Crippen LogP contribution in [0.2, 0.25) is 0 Å². The number of nitrogens with zero attached hydrogens (tertiary/aromatic N) is 5. The number of carboxylic acid groups (broad SMARTS) is 2. The van der Waals surface area contributed by atoms with Crippen molar-refractivity contribution in [3.8, 4) is 11.3 Å². The average Bonchev–Trinajstić information content (AvgIpc) is 3.48. The first-order valence-corrected chi connectivity index (χ1v) is 14.5. The van der Waals surface area contributed by atoms with Crippen LogP contribution < -0.4 is 10.2 Å². The van der Waals surface area contributed by atoms with Gasteiger partial charge in [0, 0.05) is 48.2 Å². The van der Waals surface area contributed by atoms with Gasteiger partial charge in [0.15, 0.2) is 11.5 Å². The highest BCUT2D eigenvalue weighted by Gasteiger charge is 2.38. The van der Waals surface area contributed by atoms with Crippen LogP contribution in [-0.4, -0.2) is 80.5 Å². The van der Waals surface area contributed by atoms with Gasteiger partial charge in [0.1, 0.15) is 0 Å². The molecule has 5 aromatic rings. The lowest BCUT2D eigenvalue weighted by Crippen LogP contribution is -2.37. The number of ether oxygens (including phenoxy) is 1. The third-order valence-electron chi connectivity index (χ3n) is 7.22. The summed E-state index contributed by atoms with van der Waals surface area (Å²) in [5.41, 5.74) is 6.70. The molecule has 0 aliphatic carbocycles. The smallest absolute Gasteiger partial charge is 0.481 e. The molecule has 14 heteroatoms. The fourth-order valence-corrected chi connectivity index (χ4v) is 4.92. The number of imidazole rings is 1. The second-order valence-electron chi connectivity index (χ2n) is 10.4. The lowest BCUT2D eigenvalue weighted by molar-refractivity contribution is -0.192. The SMILES string of the molecule is O=C(O)C(F)(F)F.O=C(O)CCNc1ccc(-c2cnc(N3CCOCC3)c3nc(CCc4ccc5ccccc5n4)cn23)cc1. The van der Waals surface area contributed by atoms with Crippen LogP contribution in [0.15, 0.2) is 73.1 Å². The van der Waals surface area contributed by atoms with Crippen LogP contribution in [0, 0.1) is 0 Å². The van der Waals surface area contributed by atoms with Gasteiger partial charge in [-0.25, -0.2) is 14.8 Å². The van der Waals surface area contributed by atoms with E-state index in [1.165, 1.54) is 0 Å². The fourth-order valence-electron chi connectivity index (χ4n) is 4.92. The molecule has 3 N–H and O–H groups in total. The Morgan fingerprint density at radius 3 is 2.30 bits per heavy atom. The number of aromatic nitrogens is 4. The first-order valence-electron chi connectivity index (χ1n) is 14.5. The number of halogens is 3. The summed E-state index contributed by atoms with van der Waals surface area (Å²) >= 11 is 0. The summed E-state index contributed by atoms with van der Waals surface area (Å²) in [7, 11) is 0. The highest BCUT2D eigenvalue weighted by Crippen LogP contribution is 2.28. The Labute approximate surface area is 261 Å². The number of pyridine rings is 1. The normalized spacial score (nSPS) is 13.3. The van der Waals surface area contributed by atoms with Crippen molar-refractivity contribution in [2.24, 2.45) is 0 Å². The van der Waals surface area contributed by atoms with Crippen LogP contribution >= 0.6 is 0 Å². The maximum Gasteiger partial charge on any atom is 0.490 e. The van der Waals surface area contributed by atoms with Gasteiger partial charge in [0.05, 0.1) is 42.7 Å². The average molecular weight is 637 g/mol. The van der Waals surface area contributed by atoms with E-state index in [1.54, 1.807) is 0 Å². The number of carbonyl (C=O) groups is 2. The van der Waals surface area contributed by atoms with Gasteiger partial charge >= 0.3 is 18.1 Å². The zero-order valence-electron chi connectivity index (χ0n) is 24.6. The van der Waals surface area contributed by atoms with E-state index in [4.69, 9.17) is 34.7 Å². The van der Waals surface area contributed by atoms with E-state index in [9.17, 15) is 18.0 Å². The molecule has 0 saturated carbocycles. The minimum atomic E-state index is -5.08. The third kappa shape index (κ3) is 8.07. The van der Waals surface area contributed by atoms with Crippen molar-refractivity contribution in [2.45, 2.75) is 25.4 Å². The Morgan fingerprint density at radius 1 is 0.913 bits per heavy atom. The molecule has 0 radical (unpaired) electrons. The topological polar surface area (TPSA) is 142 Å². The van der Waals surface area contributed by atoms with Crippen LogP contribution in [0.25, 0.3) is 27.8 Å². The predicted molar refractivity (Wildman–Crippen MR) is 165 cm³/mol. The predicted octanol–water partition coefficient (Wildman–Crippen LogP) is 5.09. The molecule has 1 aliphatic rings. The van der Waals surface area contributed by atoms with Crippen LogP contribution in [-0.2, 0) is 27.2 Å². The number of aryl methyl sites for hydroxylation is 2. The monoisotopic (exact) mass is 636 g/mol. The third-order valence-corrected chi connectivity index (χ3v) is 7.22. The van der Waals surface area contributed by atoms with Gasteiger partial charge in [0.2, 0.25) is 0 Å². The lowest BCUT2D eigenvalue weighted by Gasteiger charge is -2.28. The molecule has 2 aromatic carbocycles. The van der Waals surface area contributed by atoms with Crippen molar-refractivity contribution < 1.29 is 37.7 Å². The first kappa shape index (κ1) is 32.2. The number of nitrogens with one attached hydrogen (secondary N) is 1. The Bertz CT molecular complexity index is 1820. The molecule has 0 bridgehead atoms. The van der Waals surface area contributed by atoms with E-state index >= 15 is 0 Å². The Balaban J connectivity index is 0.000000537. The van der Waals surface area contributed by atoms with Gasteiger partial charge in [-0.05, 0) is 37.1 Å². The molecule has 11 nitrogen and oxygen atoms in total. The highest BCUT2D eigenvalue weighted by molar-refractivity contribution is 5.78. The van der Waals surface area contributed by atoms with Crippen LogP contribution in [0.5, 0.6) is 0 Å². The van der Waals surface area contributed by atoms with Crippen molar-refractivity contribution in [1.82, 2.24) is 19.4 Å². The number of para-hydroxylation sites is 1. The second kappa shape index (κ2) is 14.2. The van der Waals surface area contributed by atoms with Crippen LogP contribution in [0.1, 0.15) is 17.8 Å². The highest BCUT2D eigenvalue weighted by atomic mass is 19.4. The van der Waals surface area contributed by atoms with E-state index in [0.717, 1.165) is 76.6 Å². The van der Waals surface area contributed by atoms with Gasteiger partial charge < -0.3 is 25.2 Å². The van der Waals surface area contributed by atoms with E-state index < -0.39 is 18.1 Å². The molecular weight excluding hydrogens is 605 g/mol. The summed E-state index contributed by atoms with van der Waals surface area (Å²) in [5, 5.41) is 20.3. The summed E-state index contributed by atoms with van der Waals surface area (Å²) in [5.74, 6) is -2.71. The summed E-state index contributed by atoms with van der Waals surface area (Å²) < 4.78 is 39.4. The maximum absolute atomic E-state index is 10.8. The number of anilines is 2. The van der Waals surface area contributed by atoms with Gasteiger partial charge in [-0.1, -0.05) is 36.4 Å². The largest absolute Gasteiger partial charge is 0.490 e. The second-order valence-corrected chi connectivity index (χ2v) is 10.4. The molecule has 4 heterocycles. The minimum Gasteiger partial charge on any atom is -0.481 e. The molecule has 0 amide bonds. The standard InChI is InChI=1S/C30H30N6O3.C2HF3O2/c37-28(38)13-14-31-23-8-6-22(7-9-23)27-19-32-29(35-15-17-39-18-16-35)30-34-25(20-36(27)30)12-11-24-10-5-21-3-1-2-4-26(21)33-24;3-2(4,5)1(6)7/h1-10,19-20,31H,11-18H2,(H,37,38);(H,6,7). The minimum absolute atomic E-state index is 0.0713. The van der Waals surface area contributed by atoms with E-state index in [1.807, 2.05) is 48.7 Å². The van der Waals surface area contributed by atoms with Gasteiger partial charge in [-0.2, -0.15) is 13.2 Å². The molecule has 0 spiro atoms. The van der Waals surface area contributed by atoms with E-state index in [2.05, 4.69) is 39.0 Å². The van der Waals surface area contributed by atoms with Crippen molar-refractivity contribution in [2.75, 3.05) is 43.1 Å². The summed E-state index contributed by atoms with van der Waals surface area (Å²) in [4.78, 5) is 36.7. The molecule has 6 rings (SSSR count). The quantitative estimate of drug-likeness (QED) is 0.200. The van der Waals surface area contributed by atoms with E-state index in [-0.39, 0.29) is 6.42 Å². The Kier molecular flexibility index (Phi) is 9.96. The summed E-state index contributed by atoms with van der Waals surface area (Å²) in [6, 6.07) is 20.3.